The fourth-order valence-electron chi connectivity index (χ4n) is 3.50. The molecule has 100 valence electrons. The summed E-state index contributed by atoms with van der Waals surface area (Å²) in [4.78, 5) is 5.16. The molecule has 1 atom stereocenters. The smallest absolute Gasteiger partial charge is 0.0220 e. The maximum atomic E-state index is 3.42. The molecule has 2 rings (SSSR count). The van der Waals surface area contributed by atoms with E-state index < -0.39 is 0 Å². The van der Waals surface area contributed by atoms with Crippen molar-refractivity contribution in [3.63, 3.8) is 0 Å². The Kier molecular flexibility index (Phi) is 4.83. The Morgan fingerprint density at radius 1 is 1.18 bits per heavy atom. The van der Waals surface area contributed by atoms with E-state index >= 15 is 0 Å². The van der Waals surface area contributed by atoms with E-state index in [0.29, 0.717) is 0 Å². The molecule has 3 nitrogen and oxygen atoms in total. The standard InChI is InChI=1S/C14H29N3/c1-15-12-6-8-13(9-7-12)17(3)11-14-5-4-10-16(14)2/h12-15H,4-11H2,1-3H3. The minimum Gasteiger partial charge on any atom is -0.317 e. The Balaban J connectivity index is 1.74. The van der Waals surface area contributed by atoms with Gasteiger partial charge in [0.2, 0.25) is 0 Å². The molecule has 3 heteroatoms. The molecule has 17 heavy (non-hydrogen) atoms. The Labute approximate surface area is 107 Å². The third kappa shape index (κ3) is 3.43. The van der Waals surface area contributed by atoms with Crippen molar-refractivity contribution in [3.05, 3.63) is 0 Å². The van der Waals surface area contributed by atoms with Crippen molar-refractivity contribution in [2.75, 3.05) is 34.2 Å². The molecule has 0 aromatic rings. The van der Waals surface area contributed by atoms with Gasteiger partial charge in [-0.1, -0.05) is 0 Å². The van der Waals surface area contributed by atoms with Crippen LogP contribution in [0.25, 0.3) is 0 Å². The molecule has 2 aliphatic rings. The second-order valence-electron chi connectivity index (χ2n) is 6.01. The van der Waals surface area contributed by atoms with Crippen molar-refractivity contribution in [1.82, 2.24) is 15.1 Å². The van der Waals surface area contributed by atoms with Crippen LogP contribution in [0.1, 0.15) is 38.5 Å². The number of nitrogens with one attached hydrogen (secondary N) is 1. The molecule has 0 amide bonds. The lowest BCUT2D eigenvalue weighted by atomic mass is 9.90. The molecule has 0 radical (unpaired) electrons. The quantitative estimate of drug-likeness (QED) is 0.803. The molecule has 1 saturated heterocycles. The highest BCUT2D eigenvalue weighted by atomic mass is 15.2. The summed E-state index contributed by atoms with van der Waals surface area (Å²) in [7, 11) is 6.71. The molecule has 0 aromatic heterocycles. The van der Waals surface area contributed by atoms with Crippen molar-refractivity contribution in [1.29, 1.82) is 0 Å². The number of likely N-dealkylation sites (N-methyl/N-ethyl adjacent to an activating group) is 2. The minimum atomic E-state index is 0.772. The Hall–Kier alpha value is -0.120. The maximum absolute atomic E-state index is 3.42. The Morgan fingerprint density at radius 2 is 1.88 bits per heavy atom. The lowest BCUT2D eigenvalue weighted by molar-refractivity contribution is 0.139. The predicted octanol–water partition coefficient (Wildman–Crippen LogP) is 1.54. The summed E-state index contributed by atoms with van der Waals surface area (Å²) in [6.07, 6.45) is 8.24. The zero-order valence-electron chi connectivity index (χ0n) is 11.8. The Bertz CT molecular complexity index is 224. The summed E-state index contributed by atoms with van der Waals surface area (Å²) in [6, 6.07) is 2.41. The summed E-state index contributed by atoms with van der Waals surface area (Å²) >= 11 is 0. The third-order valence-electron chi connectivity index (χ3n) is 4.90. The lowest BCUT2D eigenvalue weighted by Crippen LogP contribution is -2.44. The third-order valence-corrected chi connectivity index (χ3v) is 4.90. The summed E-state index contributed by atoms with van der Waals surface area (Å²) in [5.41, 5.74) is 0. The molecule has 0 aromatic carbocycles. The van der Waals surface area contributed by atoms with E-state index in [0.717, 1.165) is 18.1 Å². The molecule has 1 aliphatic heterocycles. The van der Waals surface area contributed by atoms with Crippen LogP contribution < -0.4 is 5.32 Å². The highest BCUT2D eigenvalue weighted by Crippen LogP contribution is 2.24. The molecule has 1 saturated carbocycles. The average molecular weight is 239 g/mol. The van der Waals surface area contributed by atoms with E-state index in [1.165, 1.54) is 51.6 Å². The van der Waals surface area contributed by atoms with Gasteiger partial charge < -0.3 is 15.1 Å². The van der Waals surface area contributed by atoms with Crippen LogP contribution in [0.15, 0.2) is 0 Å². The molecule has 0 spiro atoms. The van der Waals surface area contributed by atoms with Gasteiger partial charge in [0.25, 0.3) is 0 Å². The number of likely N-dealkylation sites (tertiary alicyclic amines) is 1. The summed E-state index contributed by atoms with van der Waals surface area (Å²) in [5.74, 6) is 0. The molecule has 0 bridgehead atoms. The van der Waals surface area contributed by atoms with E-state index in [1.807, 2.05) is 0 Å². The van der Waals surface area contributed by atoms with Gasteiger partial charge in [-0.15, -0.1) is 0 Å². The second kappa shape index (κ2) is 6.17. The van der Waals surface area contributed by atoms with Crippen LogP contribution in [0, 0.1) is 0 Å². The lowest BCUT2D eigenvalue weighted by Gasteiger charge is -2.36. The normalized spacial score (nSPS) is 35.6. The first kappa shape index (κ1) is 13.3. The molecular weight excluding hydrogens is 210 g/mol. The van der Waals surface area contributed by atoms with E-state index in [2.05, 4.69) is 36.3 Å². The fourth-order valence-corrected chi connectivity index (χ4v) is 3.50. The summed E-state index contributed by atoms with van der Waals surface area (Å²) in [6.45, 7) is 2.57. The van der Waals surface area contributed by atoms with Gasteiger partial charge in [-0.05, 0) is 66.2 Å². The van der Waals surface area contributed by atoms with Crippen molar-refractivity contribution < 1.29 is 0 Å². The minimum absolute atomic E-state index is 0.772. The van der Waals surface area contributed by atoms with Crippen LogP contribution >= 0.6 is 0 Å². The molecule has 1 aliphatic carbocycles. The summed E-state index contributed by atoms with van der Waals surface area (Å²) in [5, 5.41) is 3.42. The van der Waals surface area contributed by atoms with Crippen LogP contribution in [-0.4, -0.2) is 62.2 Å². The van der Waals surface area contributed by atoms with Crippen molar-refractivity contribution in [2.45, 2.75) is 56.7 Å². The zero-order valence-corrected chi connectivity index (χ0v) is 11.8. The van der Waals surface area contributed by atoms with Gasteiger partial charge >= 0.3 is 0 Å². The molecular formula is C14H29N3. The van der Waals surface area contributed by atoms with E-state index in [-0.39, 0.29) is 0 Å². The highest BCUT2D eigenvalue weighted by Gasteiger charge is 2.27. The maximum Gasteiger partial charge on any atom is 0.0220 e. The van der Waals surface area contributed by atoms with E-state index in [9.17, 15) is 0 Å². The molecule has 1 N–H and O–H groups in total. The predicted molar refractivity (Wildman–Crippen MR) is 73.4 cm³/mol. The van der Waals surface area contributed by atoms with Crippen LogP contribution in [0.4, 0.5) is 0 Å². The number of hydrogen-bond acceptors (Lipinski definition) is 3. The van der Waals surface area contributed by atoms with Gasteiger partial charge in [0, 0.05) is 24.7 Å². The first-order valence-electron chi connectivity index (χ1n) is 7.28. The van der Waals surface area contributed by atoms with E-state index in [4.69, 9.17) is 0 Å². The van der Waals surface area contributed by atoms with Gasteiger partial charge in [-0.25, -0.2) is 0 Å². The SMILES string of the molecule is CNC1CCC(N(C)CC2CCCN2C)CC1. The first-order valence-corrected chi connectivity index (χ1v) is 7.28. The van der Waals surface area contributed by atoms with Crippen LogP contribution in [0.5, 0.6) is 0 Å². The van der Waals surface area contributed by atoms with Gasteiger partial charge in [0.1, 0.15) is 0 Å². The number of rotatable bonds is 4. The van der Waals surface area contributed by atoms with Crippen molar-refractivity contribution in [2.24, 2.45) is 0 Å². The van der Waals surface area contributed by atoms with Crippen LogP contribution in [0.2, 0.25) is 0 Å². The number of nitrogens with zero attached hydrogens (tertiary/aromatic N) is 2. The molecule has 1 heterocycles. The Morgan fingerprint density at radius 3 is 2.41 bits per heavy atom. The van der Waals surface area contributed by atoms with Crippen molar-refractivity contribution >= 4 is 0 Å². The molecule has 1 unspecified atom stereocenters. The first-order chi connectivity index (χ1) is 8.20. The second-order valence-corrected chi connectivity index (χ2v) is 6.01. The summed E-state index contributed by atoms with van der Waals surface area (Å²) < 4.78 is 0. The molecule has 2 fully saturated rings. The topological polar surface area (TPSA) is 18.5 Å². The van der Waals surface area contributed by atoms with Gasteiger partial charge in [0.15, 0.2) is 0 Å². The van der Waals surface area contributed by atoms with Gasteiger partial charge in [0.05, 0.1) is 0 Å². The monoisotopic (exact) mass is 239 g/mol. The highest BCUT2D eigenvalue weighted by molar-refractivity contribution is 4.85. The van der Waals surface area contributed by atoms with E-state index in [1.54, 1.807) is 0 Å². The number of hydrogen-bond donors (Lipinski definition) is 1. The average Bonchev–Trinajstić information content (AvgIpc) is 2.75. The largest absolute Gasteiger partial charge is 0.317 e. The van der Waals surface area contributed by atoms with Crippen LogP contribution in [-0.2, 0) is 0 Å². The van der Waals surface area contributed by atoms with Crippen LogP contribution in [0.3, 0.4) is 0 Å². The van der Waals surface area contributed by atoms with Crippen molar-refractivity contribution in [3.8, 4) is 0 Å². The van der Waals surface area contributed by atoms with Gasteiger partial charge in [-0.2, -0.15) is 0 Å². The van der Waals surface area contributed by atoms with Gasteiger partial charge in [-0.3, -0.25) is 0 Å². The zero-order chi connectivity index (χ0) is 12.3. The fraction of sp³-hybridized carbons (Fsp3) is 1.00.